The quantitative estimate of drug-likeness (QED) is 0.567. The monoisotopic (exact) mass is 174 g/mol. The van der Waals surface area contributed by atoms with Crippen LogP contribution in [0.3, 0.4) is 0 Å². The summed E-state index contributed by atoms with van der Waals surface area (Å²) in [5.74, 6) is 0.471. The van der Waals surface area contributed by atoms with Gasteiger partial charge in [-0.25, -0.2) is 0 Å². The molecule has 0 bridgehead atoms. The summed E-state index contributed by atoms with van der Waals surface area (Å²) in [5, 5.41) is 0. The van der Waals surface area contributed by atoms with Crippen LogP contribution in [0.5, 0.6) is 0 Å². The lowest BCUT2D eigenvalue weighted by molar-refractivity contribution is 0.411. The van der Waals surface area contributed by atoms with Crippen molar-refractivity contribution in [2.75, 3.05) is 19.9 Å². The van der Waals surface area contributed by atoms with Crippen molar-refractivity contribution >= 4 is 7.29 Å². The van der Waals surface area contributed by atoms with Crippen LogP contribution in [0.4, 0.5) is 0 Å². The minimum absolute atomic E-state index is 0.457. The van der Waals surface area contributed by atoms with Gasteiger partial charge in [0.25, 0.3) is 0 Å². The number of hydrogen-bond donors (Lipinski definition) is 0. The summed E-state index contributed by atoms with van der Waals surface area (Å²) in [7, 11) is -2.01. The second-order valence-electron chi connectivity index (χ2n) is 3.87. The zero-order valence-electron chi connectivity index (χ0n) is 7.58. The summed E-state index contributed by atoms with van der Waals surface area (Å²) in [6.07, 6.45) is 1.09. The first-order chi connectivity index (χ1) is 4.91. The van der Waals surface area contributed by atoms with Gasteiger partial charge in [-0.2, -0.15) is 0 Å². The Bertz CT molecular complexity index is 187. The molecule has 1 aliphatic rings. The van der Waals surface area contributed by atoms with E-state index in [2.05, 4.69) is 18.5 Å². The lowest BCUT2D eigenvalue weighted by Crippen LogP contribution is -2.22. The zero-order valence-corrected chi connectivity index (χ0v) is 8.47. The van der Waals surface area contributed by atoms with Gasteiger partial charge in [0.05, 0.1) is 0 Å². The molecular formula is C8H17NOP. The normalized spacial score (nSPS) is 34.5. The third kappa shape index (κ3) is 2.07. The van der Waals surface area contributed by atoms with Crippen LogP contribution in [0.1, 0.15) is 13.3 Å². The molecule has 0 aliphatic carbocycles. The van der Waals surface area contributed by atoms with Gasteiger partial charge in [-0.1, -0.05) is 0 Å². The van der Waals surface area contributed by atoms with Crippen LogP contribution in [0.2, 0.25) is 0 Å². The molecule has 0 aromatic heterocycles. The highest BCUT2D eigenvalue weighted by atomic mass is 31.2. The van der Waals surface area contributed by atoms with Gasteiger partial charge in [-0.15, -0.1) is 0 Å². The second kappa shape index (κ2) is 2.91. The zero-order chi connectivity index (χ0) is 8.65. The smallest absolute Gasteiger partial charge is 0.144 e. The topological polar surface area (TPSA) is 20.3 Å². The third-order valence-electron chi connectivity index (χ3n) is 2.25. The van der Waals surface area contributed by atoms with E-state index in [1.165, 1.54) is 0 Å². The lowest BCUT2D eigenvalue weighted by Gasteiger charge is -2.25. The van der Waals surface area contributed by atoms with Crippen molar-refractivity contribution in [3.8, 4) is 0 Å². The van der Waals surface area contributed by atoms with Crippen molar-refractivity contribution in [3.05, 3.63) is 6.92 Å². The highest BCUT2D eigenvalue weighted by molar-refractivity contribution is 7.59. The van der Waals surface area contributed by atoms with Gasteiger partial charge in [-0.05, 0) is 26.2 Å². The van der Waals surface area contributed by atoms with E-state index >= 15 is 0 Å². The predicted molar refractivity (Wildman–Crippen MR) is 49.1 cm³/mol. The maximum atomic E-state index is 11.7. The lowest BCUT2D eigenvalue weighted by atomic mass is 10.1. The molecule has 65 valence electrons. The standard InChI is InChI=1S/C8H17NOP/c1-7-5-8(2)9(6-7)11(3,4)10/h7-8H,1,5-6H2,2-4H3. The fraction of sp³-hybridized carbons (Fsp3) is 0.875. The summed E-state index contributed by atoms with van der Waals surface area (Å²) < 4.78 is 13.8. The van der Waals surface area contributed by atoms with Gasteiger partial charge in [-0.3, -0.25) is 4.67 Å². The molecule has 2 nitrogen and oxygen atoms in total. The fourth-order valence-electron chi connectivity index (χ4n) is 1.79. The Morgan fingerprint density at radius 3 is 2.27 bits per heavy atom. The minimum atomic E-state index is -2.01. The SMILES string of the molecule is [CH2]C1CC(C)N(P(C)(C)=O)C1. The van der Waals surface area contributed by atoms with Crippen LogP contribution in [-0.2, 0) is 4.57 Å². The van der Waals surface area contributed by atoms with Crippen LogP contribution in [0, 0.1) is 12.8 Å². The first-order valence-corrected chi connectivity index (χ1v) is 6.62. The second-order valence-corrected chi connectivity index (χ2v) is 6.97. The molecule has 1 fully saturated rings. The summed E-state index contributed by atoms with van der Waals surface area (Å²) in [5.41, 5.74) is 0. The molecule has 0 aromatic rings. The van der Waals surface area contributed by atoms with Crippen molar-refractivity contribution in [3.63, 3.8) is 0 Å². The Morgan fingerprint density at radius 2 is 2.09 bits per heavy atom. The molecule has 1 aliphatic heterocycles. The fourth-order valence-corrected chi connectivity index (χ4v) is 3.46. The maximum absolute atomic E-state index is 11.7. The van der Waals surface area contributed by atoms with Crippen LogP contribution in [0.15, 0.2) is 0 Å². The van der Waals surface area contributed by atoms with Crippen LogP contribution < -0.4 is 0 Å². The summed E-state index contributed by atoms with van der Waals surface area (Å²) in [6.45, 7) is 10.7. The van der Waals surface area contributed by atoms with Gasteiger partial charge in [0, 0.05) is 25.9 Å². The van der Waals surface area contributed by atoms with E-state index in [0.29, 0.717) is 12.0 Å². The Balaban J connectivity index is 2.68. The average Bonchev–Trinajstić information content (AvgIpc) is 2.08. The van der Waals surface area contributed by atoms with E-state index in [1.807, 2.05) is 13.3 Å². The molecule has 1 radical (unpaired) electrons. The predicted octanol–water partition coefficient (Wildman–Crippen LogP) is 2.07. The number of nitrogens with zero attached hydrogens (tertiary/aromatic N) is 1. The van der Waals surface area contributed by atoms with Crippen LogP contribution >= 0.6 is 7.29 Å². The molecule has 1 rings (SSSR count). The average molecular weight is 174 g/mol. The van der Waals surface area contributed by atoms with E-state index in [0.717, 1.165) is 13.0 Å². The van der Waals surface area contributed by atoms with E-state index in [-0.39, 0.29) is 0 Å². The summed E-state index contributed by atoms with van der Waals surface area (Å²) >= 11 is 0. The Hall–Kier alpha value is 0.190. The van der Waals surface area contributed by atoms with Gasteiger partial charge < -0.3 is 4.57 Å². The van der Waals surface area contributed by atoms with Crippen LogP contribution in [-0.4, -0.2) is 30.6 Å². The van der Waals surface area contributed by atoms with Gasteiger partial charge in [0.2, 0.25) is 0 Å². The first kappa shape index (κ1) is 9.28. The molecule has 2 unspecified atom stereocenters. The Morgan fingerprint density at radius 1 is 1.55 bits per heavy atom. The Kier molecular flexibility index (Phi) is 2.46. The molecule has 0 aromatic carbocycles. The van der Waals surface area contributed by atoms with Crippen molar-refractivity contribution < 1.29 is 4.57 Å². The largest absolute Gasteiger partial charge is 0.307 e. The van der Waals surface area contributed by atoms with Crippen molar-refractivity contribution in [2.45, 2.75) is 19.4 Å². The molecule has 0 N–H and O–H groups in total. The van der Waals surface area contributed by atoms with Gasteiger partial charge in [0.1, 0.15) is 7.29 Å². The number of hydrogen-bond acceptors (Lipinski definition) is 1. The van der Waals surface area contributed by atoms with E-state index in [1.54, 1.807) is 0 Å². The van der Waals surface area contributed by atoms with Crippen molar-refractivity contribution in [1.29, 1.82) is 0 Å². The molecule has 0 amide bonds. The van der Waals surface area contributed by atoms with E-state index < -0.39 is 7.29 Å². The van der Waals surface area contributed by atoms with Gasteiger partial charge in [0.15, 0.2) is 0 Å². The minimum Gasteiger partial charge on any atom is -0.307 e. The summed E-state index contributed by atoms with van der Waals surface area (Å²) in [4.78, 5) is 0. The molecule has 11 heavy (non-hydrogen) atoms. The maximum Gasteiger partial charge on any atom is 0.144 e. The Labute approximate surface area is 69.4 Å². The highest BCUT2D eigenvalue weighted by Gasteiger charge is 2.32. The van der Waals surface area contributed by atoms with Crippen LogP contribution in [0.25, 0.3) is 0 Å². The molecule has 0 spiro atoms. The molecule has 0 saturated carbocycles. The molecule has 3 heteroatoms. The van der Waals surface area contributed by atoms with Crippen molar-refractivity contribution in [1.82, 2.24) is 4.67 Å². The summed E-state index contributed by atoms with van der Waals surface area (Å²) in [6, 6.07) is 0.457. The number of rotatable bonds is 1. The van der Waals surface area contributed by atoms with E-state index in [4.69, 9.17) is 0 Å². The highest BCUT2D eigenvalue weighted by Crippen LogP contribution is 2.47. The van der Waals surface area contributed by atoms with E-state index in [9.17, 15) is 4.57 Å². The van der Waals surface area contributed by atoms with Crippen molar-refractivity contribution in [2.24, 2.45) is 5.92 Å². The molecule has 1 saturated heterocycles. The molecule has 2 atom stereocenters. The first-order valence-electron chi connectivity index (χ1n) is 4.06. The third-order valence-corrected chi connectivity index (χ3v) is 4.04. The molecular weight excluding hydrogens is 157 g/mol. The molecule has 1 heterocycles. The van der Waals surface area contributed by atoms with Gasteiger partial charge >= 0.3 is 0 Å².